The van der Waals surface area contributed by atoms with Gasteiger partial charge in [-0.25, -0.2) is 4.98 Å². The summed E-state index contributed by atoms with van der Waals surface area (Å²) in [5, 5.41) is 2.85. The number of hydrogen-bond acceptors (Lipinski definition) is 4. The molecule has 0 atom stereocenters. The summed E-state index contributed by atoms with van der Waals surface area (Å²) in [5.41, 5.74) is 3.14. The van der Waals surface area contributed by atoms with Crippen molar-refractivity contribution < 1.29 is 4.79 Å². The van der Waals surface area contributed by atoms with Gasteiger partial charge in [0.05, 0.1) is 12.1 Å². The molecule has 1 amide bonds. The maximum Gasteiger partial charge on any atom is 0.270 e. The van der Waals surface area contributed by atoms with Gasteiger partial charge in [0, 0.05) is 17.4 Å². The summed E-state index contributed by atoms with van der Waals surface area (Å²) < 4.78 is 0.609. The molecule has 27 heavy (non-hydrogen) atoms. The first-order chi connectivity index (χ1) is 13.0. The largest absolute Gasteiger partial charge is 0.351 e. The van der Waals surface area contributed by atoms with Crippen molar-refractivity contribution in [2.45, 2.75) is 26.8 Å². The summed E-state index contributed by atoms with van der Waals surface area (Å²) in [6, 6.07) is 9.76. The van der Waals surface area contributed by atoms with E-state index < -0.39 is 0 Å². The number of hydrogen-bond donors (Lipinski definition) is 2. The van der Waals surface area contributed by atoms with Crippen LogP contribution in [0.2, 0.25) is 0 Å². The van der Waals surface area contributed by atoms with Crippen molar-refractivity contribution >= 4 is 38.4 Å². The maximum atomic E-state index is 13.1. The van der Waals surface area contributed by atoms with E-state index in [9.17, 15) is 9.59 Å². The Morgan fingerprint density at radius 1 is 1.22 bits per heavy atom. The molecular weight excluding hydrogens is 360 g/mol. The second-order valence-corrected chi connectivity index (χ2v) is 7.56. The lowest BCUT2D eigenvalue weighted by Crippen LogP contribution is -2.33. The van der Waals surface area contributed by atoms with Gasteiger partial charge in [-0.15, -0.1) is 11.3 Å². The normalized spacial score (nSPS) is 11.3. The van der Waals surface area contributed by atoms with E-state index in [4.69, 9.17) is 0 Å². The summed E-state index contributed by atoms with van der Waals surface area (Å²) in [6.07, 6.45) is 0.815. The topological polar surface area (TPSA) is 81.8 Å². The predicted molar refractivity (Wildman–Crippen MR) is 108 cm³/mol. The number of aryl methyl sites for hydroxylation is 1. The zero-order valence-electron chi connectivity index (χ0n) is 15.2. The van der Waals surface area contributed by atoms with Gasteiger partial charge in [-0.3, -0.25) is 9.59 Å². The highest BCUT2D eigenvalue weighted by Gasteiger charge is 2.19. The second-order valence-electron chi connectivity index (χ2n) is 6.65. The van der Waals surface area contributed by atoms with Crippen LogP contribution in [0.15, 0.2) is 40.5 Å². The minimum atomic E-state index is -0.157. The molecule has 0 saturated heterocycles. The van der Waals surface area contributed by atoms with Gasteiger partial charge in [0.2, 0.25) is 0 Å². The van der Waals surface area contributed by atoms with E-state index in [1.807, 2.05) is 49.6 Å². The van der Waals surface area contributed by atoms with E-state index in [0.29, 0.717) is 28.3 Å². The first-order valence-corrected chi connectivity index (χ1v) is 9.78. The van der Waals surface area contributed by atoms with E-state index in [-0.39, 0.29) is 18.0 Å². The number of nitrogens with one attached hydrogen (secondary N) is 2. The van der Waals surface area contributed by atoms with Crippen LogP contribution in [-0.4, -0.2) is 32.3 Å². The SMILES string of the molecule is CCCN(Cc1nc2ccsc2c(=O)[nH]1)C(=O)c1cc2ccc(C)cc2[nH]1. The number of carbonyl (C=O) groups is 1. The Bertz CT molecular complexity index is 1190. The number of amides is 1. The third kappa shape index (κ3) is 3.38. The summed E-state index contributed by atoms with van der Waals surface area (Å²) in [6.45, 7) is 4.89. The van der Waals surface area contributed by atoms with Crippen LogP contribution in [0.4, 0.5) is 0 Å². The van der Waals surface area contributed by atoms with E-state index in [1.165, 1.54) is 11.3 Å². The molecule has 0 aliphatic rings. The monoisotopic (exact) mass is 380 g/mol. The van der Waals surface area contributed by atoms with Gasteiger partial charge in [0.1, 0.15) is 16.2 Å². The molecule has 0 radical (unpaired) electrons. The third-order valence-electron chi connectivity index (χ3n) is 4.49. The number of benzene rings is 1. The van der Waals surface area contributed by atoms with Crippen LogP contribution >= 0.6 is 11.3 Å². The predicted octanol–water partition coefficient (Wildman–Crippen LogP) is 3.83. The van der Waals surface area contributed by atoms with Crippen molar-refractivity contribution in [3.8, 4) is 0 Å². The first kappa shape index (κ1) is 17.5. The number of H-pyrrole nitrogens is 2. The summed E-state index contributed by atoms with van der Waals surface area (Å²) in [7, 11) is 0. The van der Waals surface area contributed by atoms with Crippen LogP contribution in [0.3, 0.4) is 0 Å². The van der Waals surface area contributed by atoms with Crippen molar-refractivity contribution in [1.29, 1.82) is 0 Å². The molecule has 0 aliphatic heterocycles. The summed E-state index contributed by atoms with van der Waals surface area (Å²) >= 11 is 1.37. The number of nitrogens with zero attached hydrogens (tertiary/aromatic N) is 2. The molecular formula is C20H20N4O2S. The molecule has 3 aromatic heterocycles. The fourth-order valence-corrected chi connectivity index (χ4v) is 3.95. The Morgan fingerprint density at radius 2 is 2.07 bits per heavy atom. The van der Waals surface area contributed by atoms with Crippen LogP contribution < -0.4 is 5.56 Å². The number of thiophene rings is 1. The van der Waals surface area contributed by atoms with Crippen LogP contribution in [0.25, 0.3) is 21.1 Å². The zero-order chi connectivity index (χ0) is 19.0. The number of aromatic amines is 2. The lowest BCUT2D eigenvalue weighted by atomic mass is 10.2. The Labute approximate surface area is 159 Å². The van der Waals surface area contributed by atoms with Gasteiger partial charge < -0.3 is 14.9 Å². The summed E-state index contributed by atoms with van der Waals surface area (Å²) in [5.74, 6) is 0.401. The van der Waals surface area contributed by atoms with Gasteiger partial charge in [-0.1, -0.05) is 19.1 Å². The maximum absolute atomic E-state index is 13.1. The van der Waals surface area contributed by atoms with Crippen LogP contribution in [0.5, 0.6) is 0 Å². The van der Waals surface area contributed by atoms with E-state index in [0.717, 1.165) is 22.9 Å². The molecule has 1 aromatic carbocycles. The number of fused-ring (bicyclic) bond motifs is 2. The van der Waals surface area contributed by atoms with Crippen LogP contribution in [0.1, 0.15) is 35.2 Å². The Hall–Kier alpha value is -2.93. The molecule has 138 valence electrons. The molecule has 2 N–H and O–H groups in total. The van der Waals surface area contributed by atoms with E-state index in [2.05, 4.69) is 15.0 Å². The molecule has 0 unspecified atom stereocenters. The van der Waals surface area contributed by atoms with E-state index >= 15 is 0 Å². The first-order valence-electron chi connectivity index (χ1n) is 8.90. The molecule has 0 bridgehead atoms. The molecule has 7 heteroatoms. The van der Waals surface area contributed by atoms with Crippen LogP contribution in [-0.2, 0) is 6.54 Å². The van der Waals surface area contributed by atoms with Crippen LogP contribution in [0, 0.1) is 6.92 Å². The third-order valence-corrected chi connectivity index (χ3v) is 5.40. The fraction of sp³-hybridized carbons (Fsp3) is 0.250. The fourth-order valence-electron chi connectivity index (χ4n) is 3.23. The number of rotatable bonds is 5. The standard InChI is InChI=1S/C20H20N4O2S/c1-3-7-24(11-17-22-14-6-8-27-18(14)19(25)23-17)20(26)16-10-13-5-4-12(2)9-15(13)21-16/h4-6,8-10,21H,3,7,11H2,1-2H3,(H,22,23,25). The van der Waals surface area contributed by atoms with Gasteiger partial charge >= 0.3 is 0 Å². The Morgan fingerprint density at radius 3 is 2.89 bits per heavy atom. The molecule has 4 rings (SSSR count). The number of aromatic nitrogens is 3. The zero-order valence-corrected chi connectivity index (χ0v) is 16.0. The smallest absolute Gasteiger partial charge is 0.270 e. The molecule has 0 saturated carbocycles. The van der Waals surface area contributed by atoms with Gasteiger partial charge in [-0.2, -0.15) is 0 Å². The minimum absolute atomic E-state index is 0.0984. The van der Waals surface area contributed by atoms with Crippen molar-refractivity contribution in [2.75, 3.05) is 6.54 Å². The molecule has 0 spiro atoms. The minimum Gasteiger partial charge on any atom is -0.351 e. The molecule has 4 aromatic rings. The average Bonchev–Trinajstić information content (AvgIpc) is 3.27. The highest BCUT2D eigenvalue weighted by Crippen LogP contribution is 2.19. The lowest BCUT2D eigenvalue weighted by Gasteiger charge is -2.20. The van der Waals surface area contributed by atoms with Crippen molar-refractivity contribution in [3.63, 3.8) is 0 Å². The van der Waals surface area contributed by atoms with Gasteiger partial charge in [0.25, 0.3) is 11.5 Å². The van der Waals surface area contributed by atoms with Crippen molar-refractivity contribution in [1.82, 2.24) is 19.9 Å². The van der Waals surface area contributed by atoms with Gasteiger partial charge in [-0.05, 0) is 42.5 Å². The van der Waals surface area contributed by atoms with E-state index in [1.54, 1.807) is 4.90 Å². The number of carbonyl (C=O) groups excluding carboxylic acids is 1. The quantitative estimate of drug-likeness (QED) is 0.552. The lowest BCUT2D eigenvalue weighted by molar-refractivity contribution is 0.0734. The van der Waals surface area contributed by atoms with Crippen molar-refractivity contribution in [3.05, 3.63) is 63.1 Å². The molecule has 0 fully saturated rings. The van der Waals surface area contributed by atoms with Gasteiger partial charge in [0.15, 0.2) is 0 Å². The molecule has 0 aliphatic carbocycles. The van der Waals surface area contributed by atoms with Crippen molar-refractivity contribution in [2.24, 2.45) is 0 Å². The highest BCUT2D eigenvalue weighted by molar-refractivity contribution is 7.17. The molecule has 6 nitrogen and oxygen atoms in total. The highest BCUT2D eigenvalue weighted by atomic mass is 32.1. The summed E-state index contributed by atoms with van der Waals surface area (Å²) in [4.78, 5) is 37.5. The Balaban J connectivity index is 1.65. The Kier molecular flexibility index (Phi) is 4.53. The molecule has 3 heterocycles. The second kappa shape index (κ2) is 7.00. The average molecular weight is 380 g/mol.